The van der Waals surface area contributed by atoms with Crippen molar-refractivity contribution in [2.24, 2.45) is 0 Å². The van der Waals surface area contributed by atoms with Gasteiger partial charge in [-0.3, -0.25) is 4.79 Å². The van der Waals surface area contributed by atoms with Gasteiger partial charge in [0.1, 0.15) is 11.0 Å². The van der Waals surface area contributed by atoms with Gasteiger partial charge in [0.25, 0.3) is 5.91 Å². The summed E-state index contributed by atoms with van der Waals surface area (Å²) in [5, 5.41) is 3.85. The van der Waals surface area contributed by atoms with Gasteiger partial charge in [-0.05, 0) is 18.1 Å². The molecular weight excluding hydrogens is 322 g/mol. The molecule has 1 N–H and O–H groups in total. The highest BCUT2D eigenvalue weighted by Gasteiger charge is 2.27. The zero-order valence-corrected chi connectivity index (χ0v) is 14.5. The molecule has 0 bridgehead atoms. The predicted octanol–water partition coefficient (Wildman–Crippen LogP) is 3.26. The minimum absolute atomic E-state index is 0.0148. The number of aromatic nitrogens is 1. The van der Waals surface area contributed by atoms with Gasteiger partial charge in [0.05, 0.1) is 19.3 Å². The number of carbonyl (C=O) groups excluding carboxylic acids is 1. The largest absolute Gasteiger partial charge is 0.370 e. The number of aryl methyl sites for hydroxylation is 1. The molecule has 5 nitrogen and oxygen atoms in total. The molecule has 3 rings (SSSR count). The van der Waals surface area contributed by atoms with Crippen molar-refractivity contribution in [3.8, 4) is 0 Å². The number of hydrogen-bond donors (Lipinski definition) is 1. The van der Waals surface area contributed by atoms with Gasteiger partial charge in [0, 0.05) is 13.1 Å². The normalized spacial score (nSPS) is 17.5. The van der Waals surface area contributed by atoms with E-state index in [2.05, 4.69) is 35.9 Å². The van der Waals surface area contributed by atoms with Crippen LogP contribution in [0.25, 0.3) is 0 Å². The van der Waals surface area contributed by atoms with E-state index < -0.39 is 0 Å². The summed E-state index contributed by atoms with van der Waals surface area (Å²) in [6.07, 6.45) is 3.32. The molecule has 0 spiro atoms. The molecule has 1 atom stereocenters. The minimum Gasteiger partial charge on any atom is -0.370 e. The average Bonchev–Trinajstić information content (AvgIpc) is 3.09. The standard InChI is InChI=1S/C18H21N3O2S/c1-3-8-19-18-20-11-16(24-18)17(22)21-9-10-23-15(12-21)14-7-5-4-6-13(14)2/h3-7,11,15H,1,8-10,12H2,2H3,(H,19,20). The summed E-state index contributed by atoms with van der Waals surface area (Å²) in [7, 11) is 0. The predicted molar refractivity (Wildman–Crippen MR) is 96.6 cm³/mol. The zero-order chi connectivity index (χ0) is 16.9. The average molecular weight is 343 g/mol. The van der Waals surface area contributed by atoms with Gasteiger partial charge >= 0.3 is 0 Å². The Morgan fingerprint density at radius 1 is 1.54 bits per heavy atom. The third kappa shape index (κ3) is 3.66. The van der Waals surface area contributed by atoms with Crippen LogP contribution in [0.2, 0.25) is 0 Å². The first kappa shape index (κ1) is 16.7. The Hall–Kier alpha value is -2.18. The van der Waals surface area contributed by atoms with E-state index in [0.717, 1.165) is 10.7 Å². The van der Waals surface area contributed by atoms with Crippen molar-refractivity contribution in [1.82, 2.24) is 9.88 Å². The van der Waals surface area contributed by atoms with Crippen molar-refractivity contribution in [3.63, 3.8) is 0 Å². The number of amides is 1. The number of carbonyl (C=O) groups is 1. The van der Waals surface area contributed by atoms with Crippen molar-refractivity contribution >= 4 is 22.4 Å². The number of nitrogens with one attached hydrogen (secondary N) is 1. The number of hydrogen-bond acceptors (Lipinski definition) is 5. The summed E-state index contributed by atoms with van der Waals surface area (Å²) in [5.41, 5.74) is 2.33. The smallest absolute Gasteiger partial charge is 0.265 e. The molecule has 1 fully saturated rings. The molecule has 126 valence electrons. The molecule has 6 heteroatoms. The molecule has 2 aromatic rings. The van der Waals surface area contributed by atoms with Crippen molar-refractivity contribution in [2.75, 3.05) is 31.6 Å². The van der Waals surface area contributed by atoms with Crippen LogP contribution in [0.1, 0.15) is 26.9 Å². The highest BCUT2D eigenvalue weighted by atomic mass is 32.1. The van der Waals surface area contributed by atoms with Crippen LogP contribution >= 0.6 is 11.3 Å². The molecule has 1 unspecified atom stereocenters. The topological polar surface area (TPSA) is 54.5 Å². The van der Waals surface area contributed by atoms with Gasteiger partial charge in [0.2, 0.25) is 0 Å². The molecule has 1 aliphatic heterocycles. The maximum Gasteiger partial charge on any atom is 0.265 e. The van der Waals surface area contributed by atoms with E-state index in [1.54, 1.807) is 12.3 Å². The van der Waals surface area contributed by atoms with E-state index in [9.17, 15) is 4.79 Å². The summed E-state index contributed by atoms with van der Waals surface area (Å²) >= 11 is 1.37. The van der Waals surface area contributed by atoms with E-state index >= 15 is 0 Å². The zero-order valence-electron chi connectivity index (χ0n) is 13.7. The molecule has 1 aromatic carbocycles. The van der Waals surface area contributed by atoms with Crippen molar-refractivity contribution < 1.29 is 9.53 Å². The molecule has 0 aliphatic carbocycles. The fraction of sp³-hybridized carbons (Fsp3) is 0.333. The van der Waals surface area contributed by atoms with Crippen molar-refractivity contribution in [2.45, 2.75) is 13.0 Å². The first-order valence-corrected chi connectivity index (χ1v) is 8.77. The number of benzene rings is 1. The van der Waals surface area contributed by atoms with E-state index in [0.29, 0.717) is 31.1 Å². The lowest BCUT2D eigenvalue weighted by molar-refractivity contribution is -0.0229. The number of thiazole rings is 1. The van der Waals surface area contributed by atoms with E-state index in [1.165, 1.54) is 16.9 Å². The summed E-state index contributed by atoms with van der Waals surface area (Å²) in [4.78, 5) is 19.5. The summed E-state index contributed by atoms with van der Waals surface area (Å²) in [5.74, 6) is 0.0148. The number of morpholine rings is 1. The molecule has 0 radical (unpaired) electrons. The van der Waals surface area contributed by atoms with Crippen molar-refractivity contribution in [3.05, 3.63) is 59.1 Å². The molecule has 1 amide bonds. The third-order valence-electron chi connectivity index (χ3n) is 4.00. The molecule has 24 heavy (non-hydrogen) atoms. The number of ether oxygens (including phenoxy) is 1. The Bertz CT molecular complexity index is 729. The van der Waals surface area contributed by atoms with Crippen LogP contribution in [0.4, 0.5) is 5.13 Å². The second-order valence-electron chi connectivity index (χ2n) is 5.67. The molecular formula is C18H21N3O2S. The van der Waals surface area contributed by atoms with Crippen molar-refractivity contribution in [1.29, 1.82) is 0 Å². The Morgan fingerprint density at radius 2 is 2.38 bits per heavy atom. The fourth-order valence-corrected chi connectivity index (χ4v) is 3.53. The van der Waals surface area contributed by atoms with Crippen LogP contribution in [0.5, 0.6) is 0 Å². The highest BCUT2D eigenvalue weighted by molar-refractivity contribution is 7.17. The highest BCUT2D eigenvalue weighted by Crippen LogP contribution is 2.27. The first-order valence-electron chi connectivity index (χ1n) is 7.96. The second kappa shape index (κ2) is 7.59. The van der Waals surface area contributed by atoms with Gasteiger partial charge in [-0.25, -0.2) is 4.98 Å². The monoisotopic (exact) mass is 343 g/mol. The maximum atomic E-state index is 12.7. The molecule has 1 saturated heterocycles. The van der Waals surface area contributed by atoms with Gasteiger partial charge in [-0.1, -0.05) is 41.7 Å². The SMILES string of the molecule is C=CCNc1ncc(C(=O)N2CCOC(c3ccccc3C)C2)s1. The second-order valence-corrected chi connectivity index (χ2v) is 6.70. The molecule has 2 heterocycles. The summed E-state index contributed by atoms with van der Waals surface area (Å²) in [6.45, 7) is 8.08. The van der Waals surface area contributed by atoms with Gasteiger partial charge < -0.3 is 15.0 Å². The Balaban J connectivity index is 1.70. The van der Waals surface area contributed by atoms with Gasteiger partial charge in [-0.2, -0.15) is 0 Å². The lowest BCUT2D eigenvalue weighted by Crippen LogP contribution is -2.42. The summed E-state index contributed by atoms with van der Waals surface area (Å²) < 4.78 is 5.89. The van der Waals surface area contributed by atoms with Gasteiger partial charge in [0.15, 0.2) is 5.13 Å². The van der Waals surface area contributed by atoms with E-state index in [1.807, 2.05) is 17.0 Å². The lowest BCUT2D eigenvalue weighted by Gasteiger charge is -2.33. The van der Waals surface area contributed by atoms with E-state index in [-0.39, 0.29) is 12.0 Å². The van der Waals surface area contributed by atoms with Gasteiger partial charge in [-0.15, -0.1) is 6.58 Å². The number of anilines is 1. The Labute approximate surface area is 146 Å². The molecule has 1 aliphatic rings. The van der Waals surface area contributed by atoms with Crippen LogP contribution in [-0.2, 0) is 4.74 Å². The summed E-state index contributed by atoms with van der Waals surface area (Å²) in [6, 6.07) is 8.16. The minimum atomic E-state index is -0.0739. The van der Waals surface area contributed by atoms with Crippen LogP contribution in [-0.4, -0.2) is 42.0 Å². The number of nitrogens with zero attached hydrogens (tertiary/aromatic N) is 2. The van der Waals surface area contributed by atoms with Crippen LogP contribution in [0, 0.1) is 6.92 Å². The quantitative estimate of drug-likeness (QED) is 0.847. The molecule has 0 saturated carbocycles. The van der Waals surface area contributed by atoms with E-state index in [4.69, 9.17) is 4.74 Å². The van der Waals surface area contributed by atoms with Crippen LogP contribution < -0.4 is 5.32 Å². The fourth-order valence-electron chi connectivity index (χ4n) is 2.74. The van der Waals surface area contributed by atoms with Crippen LogP contribution in [0.3, 0.4) is 0 Å². The Morgan fingerprint density at radius 3 is 3.17 bits per heavy atom. The Kier molecular flexibility index (Phi) is 5.27. The lowest BCUT2D eigenvalue weighted by atomic mass is 10.0. The molecule has 1 aromatic heterocycles. The first-order chi connectivity index (χ1) is 11.7. The number of rotatable bonds is 5. The maximum absolute atomic E-state index is 12.7. The van der Waals surface area contributed by atoms with Crippen LogP contribution in [0.15, 0.2) is 43.1 Å². The third-order valence-corrected chi connectivity index (χ3v) is 4.95.